The molecule has 0 unspecified atom stereocenters. The first kappa shape index (κ1) is 26.5. The van der Waals surface area contributed by atoms with Crippen LogP contribution in [0.1, 0.15) is 50.6 Å². The van der Waals surface area contributed by atoms with Crippen LogP contribution in [0, 0.1) is 5.92 Å². The van der Waals surface area contributed by atoms with E-state index in [-0.39, 0.29) is 29.7 Å². The largest absolute Gasteiger partial charge is 0.448 e. The van der Waals surface area contributed by atoms with Crippen molar-refractivity contribution in [2.24, 2.45) is 5.92 Å². The number of hydrogen-bond acceptors (Lipinski definition) is 5. The average molecular weight is 546 g/mol. The predicted molar refractivity (Wildman–Crippen MR) is 144 cm³/mol. The molecule has 200 valence electrons. The molecule has 0 aromatic heterocycles. The second-order valence-electron chi connectivity index (χ2n) is 10.6. The van der Waals surface area contributed by atoms with Gasteiger partial charge in [0.25, 0.3) is 0 Å². The van der Waals surface area contributed by atoms with E-state index in [1.165, 1.54) is 12.8 Å². The minimum atomic E-state index is -3.86. The Hall–Kier alpha value is -2.13. The Bertz CT molecular complexity index is 1170. The van der Waals surface area contributed by atoms with Crippen molar-refractivity contribution in [2.75, 3.05) is 32.8 Å². The van der Waals surface area contributed by atoms with Crippen LogP contribution in [0.2, 0.25) is 5.02 Å². The van der Waals surface area contributed by atoms with Crippen LogP contribution in [-0.4, -0.2) is 73.5 Å². The molecule has 0 bridgehead atoms. The van der Waals surface area contributed by atoms with Crippen molar-refractivity contribution in [3.63, 3.8) is 0 Å². The SMILES string of the molecule is C[C@H]1CN(CC2CC2)CCN1C(=O)OC[C@H]1CCC[C@@H](c2ccccc2)N1S(=O)(=O)c1ccc(Cl)cc1. The Morgan fingerprint density at radius 3 is 2.41 bits per heavy atom. The molecule has 37 heavy (non-hydrogen) atoms. The van der Waals surface area contributed by atoms with E-state index >= 15 is 0 Å². The molecule has 2 heterocycles. The zero-order chi connectivity index (χ0) is 26.0. The predicted octanol–water partition coefficient (Wildman–Crippen LogP) is 5.18. The molecule has 5 rings (SSSR count). The molecule has 3 fully saturated rings. The third-order valence-electron chi connectivity index (χ3n) is 7.81. The summed E-state index contributed by atoms with van der Waals surface area (Å²) in [6.07, 6.45) is 4.47. The highest BCUT2D eigenvalue weighted by Gasteiger charge is 2.41. The standard InChI is InChI=1S/C28H36ClN3O4S/c1-21-18-30(19-22-10-11-22)16-17-31(21)28(33)36-20-25-8-5-9-27(23-6-3-2-4-7-23)32(25)37(34,35)26-14-12-24(29)13-15-26/h2-4,6-7,12-15,21-22,25,27H,5,8-11,16-20H2,1H3/t21-,25+,27-/m0/s1. The van der Waals surface area contributed by atoms with Gasteiger partial charge >= 0.3 is 6.09 Å². The van der Waals surface area contributed by atoms with E-state index in [0.29, 0.717) is 24.4 Å². The van der Waals surface area contributed by atoms with Gasteiger partial charge in [0.05, 0.1) is 17.0 Å². The number of nitrogens with zero attached hydrogens (tertiary/aromatic N) is 3. The van der Waals surface area contributed by atoms with Gasteiger partial charge in [-0.3, -0.25) is 4.90 Å². The Kier molecular flexibility index (Phi) is 8.10. The van der Waals surface area contributed by atoms with E-state index in [2.05, 4.69) is 11.8 Å². The summed E-state index contributed by atoms with van der Waals surface area (Å²) in [4.78, 5) is 17.5. The molecule has 0 radical (unpaired) electrons. The van der Waals surface area contributed by atoms with E-state index in [0.717, 1.165) is 37.5 Å². The van der Waals surface area contributed by atoms with Crippen molar-refractivity contribution in [3.05, 3.63) is 65.2 Å². The highest BCUT2D eigenvalue weighted by molar-refractivity contribution is 7.89. The van der Waals surface area contributed by atoms with Crippen molar-refractivity contribution in [1.82, 2.24) is 14.1 Å². The fraction of sp³-hybridized carbons (Fsp3) is 0.536. The maximum absolute atomic E-state index is 13.9. The van der Waals surface area contributed by atoms with Crippen LogP contribution < -0.4 is 0 Å². The molecule has 1 saturated carbocycles. The summed E-state index contributed by atoms with van der Waals surface area (Å²) in [7, 11) is -3.86. The van der Waals surface area contributed by atoms with Gasteiger partial charge in [-0.2, -0.15) is 4.31 Å². The van der Waals surface area contributed by atoms with Gasteiger partial charge in [0.2, 0.25) is 10.0 Å². The Labute approximate surface area is 225 Å². The smallest absolute Gasteiger partial charge is 0.410 e. The van der Waals surface area contributed by atoms with E-state index in [9.17, 15) is 13.2 Å². The van der Waals surface area contributed by atoms with Crippen molar-refractivity contribution in [1.29, 1.82) is 0 Å². The summed E-state index contributed by atoms with van der Waals surface area (Å²) in [5.41, 5.74) is 0.941. The van der Waals surface area contributed by atoms with Crippen molar-refractivity contribution >= 4 is 27.7 Å². The first-order valence-electron chi connectivity index (χ1n) is 13.3. The topological polar surface area (TPSA) is 70.2 Å². The molecule has 2 aliphatic heterocycles. The van der Waals surface area contributed by atoms with Crippen LogP contribution >= 0.6 is 11.6 Å². The molecule has 1 aliphatic carbocycles. The van der Waals surface area contributed by atoms with Crippen molar-refractivity contribution < 1.29 is 17.9 Å². The lowest BCUT2D eigenvalue weighted by Crippen LogP contribution is -2.55. The highest BCUT2D eigenvalue weighted by atomic mass is 35.5. The fourth-order valence-corrected chi connectivity index (χ4v) is 7.65. The molecule has 2 saturated heterocycles. The summed E-state index contributed by atoms with van der Waals surface area (Å²) < 4.78 is 35.3. The maximum Gasteiger partial charge on any atom is 0.410 e. The third kappa shape index (κ3) is 6.14. The van der Waals surface area contributed by atoms with Crippen molar-refractivity contribution in [3.8, 4) is 0 Å². The molecule has 2 aromatic carbocycles. The summed E-state index contributed by atoms with van der Waals surface area (Å²) >= 11 is 6.03. The molecule has 3 aliphatic rings. The fourth-order valence-electron chi connectivity index (χ4n) is 5.68. The lowest BCUT2D eigenvalue weighted by molar-refractivity contribution is 0.0318. The Morgan fingerprint density at radius 1 is 1.00 bits per heavy atom. The molecule has 9 heteroatoms. The number of piperidine rings is 1. The van der Waals surface area contributed by atoms with E-state index in [1.807, 2.05) is 30.3 Å². The van der Waals surface area contributed by atoms with Crippen LogP contribution in [0.5, 0.6) is 0 Å². The van der Waals surface area contributed by atoms with Crippen LogP contribution in [0.3, 0.4) is 0 Å². The number of amides is 1. The maximum atomic E-state index is 13.9. The number of ether oxygens (including phenoxy) is 1. The van der Waals surface area contributed by atoms with Crippen LogP contribution in [-0.2, 0) is 14.8 Å². The van der Waals surface area contributed by atoms with Gasteiger partial charge in [-0.25, -0.2) is 13.2 Å². The summed E-state index contributed by atoms with van der Waals surface area (Å²) in [6, 6.07) is 15.3. The van der Waals surface area contributed by atoms with Gasteiger partial charge in [0.15, 0.2) is 0 Å². The molecule has 7 nitrogen and oxygen atoms in total. The number of piperazine rings is 1. The van der Waals surface area contributed by atoms with Crippen molar-refractivity contribution in [2.45, 2.75) is 62.0 Å². The van der Waals surface area contributed by atoms with Gasteiger partial charge in [0, 0.05) is 37.2 Å². The monoisotopic (exact) mass is 545 g/mol. The van der Waals surface area contributed by atoms with E-state index < -0.39 is 16.1 Å². The number of carbonyl (C=O) groups is 1. The Balaban J connectivity index is 1.32. The minimum Gasteiger partial charge on any atom is -0.448 e. The average Bonchev–Trinajstić information content (AvgIpc) is 3.72. The van der Waals surface area contributed by atoms with E-state index in [4.69, 9.17) is 16.3 Å². The zero-order valence-electron chi connectivity index (χ0n) is 21.3. The van der Waals surface area contributed by atoms with Crippen LogP contribution in [0.4, 0.5) is 4.79 Å². The number of rotatable bonds is 7. The number of hydrogen-bond donors (Lipinski definition) is 0. The molecular weight excluding hydrogens is 510 g/mol. The first-order valence-corrected chi connectivity index (χ1v) is 15.1. The number of sulfonamides is 1. The van der Waals surface area contributed by atoms with Gasteiger partial charge in [-0.15, -0.1) is 0 Å². The second-order valence-corrected chi connectivity index (χ2v) is 12.9. The van der Waals surface area contributed by atoms with Gasteiger partial charge in [-0.05, 0) is 74.8 Å². The van der Waals surface area contributed by atoms with E-state index in [1.54, 1.807) is 33.5 Å². The molecule has 3 atom stereocenters. The molecule has 1 amide bonds. The summed E-state index contributed by atoms with van der Waals surface area (Å²) in [6.45, 7) is 5.55. The molecule has 0 N–H and O–H groups in total. The lowest BCUT2D eigenvalue weighted by Gasteiger charge is -2.42. The normalized spacial score (nSPS) is 25.7. The number of carbonyl (C=O) groups excluding carboxylic acids is 1. The summed E-state index contributed by atoms with van der Waals surface area (Å²) in [5.74, 6) is 0.822. The summed E-state index contributed by atoms with van der Waals surface area (Å²) in [5, 5.41) is 0.481. The van der Waals surface area contributed by atoms with Gasteiger partial charge in [-0.1, -0.05) is 41.9 Å². The van der Waals surface area contributed by atoms with Crippen LogP contribution in [0.15, 0.2) is 59.5 Å². The highest BCUT2D eigenvalue weighted by Crippen LogP contribution is 2.39. The lowest BCUT2D eigenvalue weighted by atomic mass is 9.93. The number of halogens is 1. The molecule has 2 aromatic rings. The second kappa shape index (κ2) is 11.3. The van der Waals surface area contributed by atoms with Crippen LogP contribution in [0.25, 0.3) is 0 Å². The number of benzene rings is 2. The first-order chi connectivity index (χ1) is 17.8. The Morgan fingerprint density at radius 2 is 1.73 bits per heavy atom. The third-order valence-corrected chi connectivity index (χ3v) is 10.0. The van der Waals surface area contributed by atoms with Gasteiger partial charge < -0.3 is 9.64 Å². The molecule has 0 spiro atoms. The zero-order valence-corrected chi connectivity index (χ0v) is 22.9. The molecular formula is C28H36ClN3O4S. The van der Waals surface area contributed by atoms with Gasteiger partial charge in [0.1, 0.15) is 6.61 Å². The minimum absolute atomic E-state index is 0.0317. The quantitative estimate of drug-likeness (QED) is 0.479.